The molecule has 0 saturated heterocycles. The summed E-state index contributed by atoms with van der Waals surface area (Å²) in [5, 5.41) is -0.217. The summed E-state index contributed by atoms with van der Waals surface area (Å²) in [5.74, 6) is 0.350. The third-order valence-electron chi connectivity index (χ3n) is 8.16. The van der Waals surface area contributed by atoms with Crippen LogP contribution in [0.15, 0.2) is 180 Å². The van der Waals surface area contributed by atoms with Crippen molar-refractivity contribution in [1.82, 2.24) is 15.0 Å². The van der Waals surface area contributed by atoms with Gasteiger partial charge in [-0.25, -0.2) is 15.0 Å². The number of fused-ring (bicyclic) bond motifs is 3. The molecule has 0 N–H and O–H groups in total. The maximum atomic E-state index is 9.26. The van der Waals surface area contributed by atoms with Gasteiger partial charge in [-0.3, -0.25) is 0 Å². The van der Waals surface area contributed by atoms with Crippen LogP contribution < -0.4 is 0 Å². The predicted octanol–water partition coefficient (Wildman–Crippen LogP) is 11.8. The molecule has 0 aliphatic carbocycles. The maximum Gasteiger partial charge on any atom is 0.164 e. The van der Waals surface area contributed by atoms with E-state index >= 15 is 0 Å². The van der Waals surface area contributed by atoms with Crippen LogP contribution in [-0.4, -0.2) is 15.0 Å². The van der Waals surface area contributed by atoms with Crippen molar-refractivity contribution in [3.63, 3.8) is 0 Å². The number of hydrogen-bond donors (Lipinski definition) is 0. The number of furan rings is 1. The molecule has 2 aromatic heterocycles. The first kappa shape index (κ1) is 19.2. The normalized spacial score (nSPS) is 14.4. The standard InChI is InChI=1S/C45H29N3O/c1-4-12-30(13-5-1)33-22-24-34(25-23-33)43-46-44(37-19-10-18-35(28-37)31-14-6-2-7-15-31)48-45(47-43)39-20-11-21-40-42(39)38-27-26-36(29-41(38)49-40)32-16-8-3-9-17-32/h1-29H/i3D,8D,9D,11D,16D,17D,20D,21D,26D,27D,29D. The second-order valence-electron chi connectivity index (χ2n) is 11.2. The van der Waals surface area contributed by atoms with Crippen LogP contribution in [0.2, 0.25) is 0 Å². The summed E-state index contributed by atoms with van der Waals surface area (Å²) in [6.45, 7) is 0. The molecule has 9 rings (SSSR count). The summed E-state index contributed by atoms with van der Waals surface area (Å²) in [5.41, 5.74) is 3.42. The molecule has 4 nitrogen and oxygen atoms in total. The SMILES string of the molecule is [2H]c1c([2H])c([2H])c(-c2c([2H])c([2H])c3c(oc4c([2H])c([2H])c([2H])c(-c5nc(-c6ccc(-c7ccccc7)cc6)nc(-c6cccc(-c7ccccc7)c6)n5)c43)c2[2H])c([2H])c1[2H]. The number of aromatic nitrogens is 3. The minimum Gasteiger partial charge on any atom is -0.456 e. The quantitative estimate of drug-likeness (QED) is 0.182. The molecule has 0 aliphatic heterocycles. The Hall–Kier alpha value is -6.65. The van der Waals surface area contributed by atoms with Crippen LogP contribution in [0.25, 0.3) is 89.5 Å². The fourth-order valence-corrected chi connectivity index (χ4v) is 5.77. The predicted molar refractivity (Wildman–Crippen MR) is 200 cm³/mol. The Bertz CT molecular complexity index is 3180. The lowest BCUT2D eigenvalue weighted by molar-refractivity contribution is 0.669. The zero-order chi connectivity index (χ0) is 42.1. The molecule has 0 bridgehead atoms. The van der Waals surface area contributed by atoms with Crippen LogP contribution in [0.4, 0.5) is 0 Å². The van der Waals surface area contributed by atoms with E-state index in [2.05, 4.69) is 0 Å². The Morgan fingerprint density at radius 2 is 1.02 bits per heavy atom. The van der Waals surface area contributed by atoms with Crippen LogP contribution in [-0.2, 0) is 0 Å². The van der Waals surface area contributed by atoms with Crippen LogP contribution in [0.3, 0.4) is 0 Å². The number of hydrogen-bond acceptors (Lipinski definition) is 4. The summed E-state index contributed by atoms with van der Waals surface area (Å²) in [4.78, 5) is 14.6. The number of rotatable bonds is 6. The molecule has 0 aliphatic rings. The highest BCUT2D eigenvalue weighted by Crippen LogP contribution is 2.38. The van der Waals surface area contributed by atoms with Crippen LogP contribution in [0.5, 0.6) is 0 Å². The number of benzene rings is 7. The third-order valence-corrected chi connectivity index (χ3v) is 8.16. The summed E-state index contributed by atoms with van der Waals surface area (Å²) in [6.07, 6.45) is 0. The van der Waals surface area contributed by atoms with Gasteiger partial charge in [-0.2, -0.15) is 0 Å². The summed E-state index contributed by atoms with van der Waals surface area (Å²) in [7, 11) is 0. The molecule has 9 aromatic rings. The van der Waals surface area contributed by atoms with Crippen LogP contribution in [0, 0.1) is 0 Å². The molecule has 7 aromatic carbocycles. The second kappa shape index (κ2) is 12.2. The first-order chi connectivity index (χ1) is 28.8. The fourth-order valence-electron chi connectivity index (χ4n) is 5.77. The van der Waals surface area contributed by atoms with Crippen molar-refractivity contribution in [2.24, 2.45) is 0 Å². The Labute approximate surface area is 299 Å². The highest BCUT2D eigenvalue weighted by atomic mass is 16.3. The van der Waals surface area contributed by atoms with Crippen molar-refractivity contribution in [3.8, 4) is 67.5 Å². The Morgan fingerprint density at radius 1 is 0.408 bits per heavy atom. The summed E-state index contributed by atoms with van der Waals surface area (Å²) < 4.78 is 102. The first-order valence-corrected chi connectivity index (χ1v) is 15.5. The molecule has 0 fully saturated rings. The molecule has 4 heteroatoms. The monoisotopic (exact) mass is 638 g/mol. The molecule has 230 valence electrons. The van der Waals surface area contributed by atoms with Gasteiger partial charge in [-0.15, -0.1) is 0 Å². The van der Waals surface area contributed by atoms with E-state index in [-0.39, 0.29) is 45.0 Å². The second-order valence-corrected chi connectivity index (χ2v) is 11.2. The van der Waals surface area contributed by atoms with Crippen molar-refractivity contribution in [1.29, 1.82) is 0 Å². The molecule has 0 spiro atoms. The van der Waals surface area contributed by atoms with E-state index in [0.717, 1.165) is 22.3 Å². The third kappa shape index (κ3) is 5.45. The highest BCUT2D eigenvalue weighted by molar-refractivity contribution is 6.12. The topological polar surface area (TPSA) is 51.8 Å². The number of nitrogens with zero attached hydrogens (tertiary/aromatic N) is 3. The van der Waals surface area contributed by atoms with E-state index in [0.29, 0.717) is 11.1 Å². The zero-order valence-electron chi connectivity index (χ0n) is 36.6. The lowest BCUT2D eigenvalue weighted by atomic mass is 10.0. The lowest BCUT2D eigenvalue weighted by Crippen LogP contribution is -2.00. The lowest BCUT2D eigenvalue weighted by Gasteiger charge is -2.11. The Morgan fingerprint density at radius 3 is 1.78 bits per heavy atom. The van der Waals surface area contributed by atoms with Crippen molar-refractivity contribution in [2.75, 3.05) is 0 Å². The highest BCUT2D eigenvalue weighted by Gasteiger charge is 2.18. The average Bonchev–Trinajstić information content (AvgIpc) is 3.69. The van der Waals surface area contributed by atoms with Crippen LogP contribution >= 0.6 is 0 Å². The van der Waals surface area contributed by atoms with Gasteiger partial charge in [-0.05, 0) is 57.6 Å². The van der Waals surface area contributed by atoms with E-state index in [9.17, 15) is 4.11 Å². The smallest absolute Gasteiger partial charge is 0.164 e. The van der Waals surface area contributed by atoms with Crippen molar-refractivity contribution >= 4 is 21.9 Å². The van der Waals surface area contributed by atoms with E-state index in [1.54, 1.807) is 0 Å². The van der Waals surface area contributed by atoms with Gasteiger partial charge in [0.05, 0.1) is 15.1 Å². The van der Waals surface area contributed by atoms with E-state index in [4.69, 9.17) is 30.3 Å². The van der Waals surface area contributed by atoms with Gasteiger partial charge in [-0.1, -0.05) is 151 Å². The van der Waals surface area contributed by atoms with E-state index in [1.165, 1.54) is 0 Å². The van der Waals surface area contributed by atoms with Gasteiger partial charge in [0.1, 0.15) is 11.2 Å². The van der Waals surface area contributed by atoms with Gasteiger partial charge >= 0.3 is 0 Å². The largest absolute Gasteiger partial charge is 0.456 e. The van der Waals surface area contributed by atoms with Crippen molar-refractivity contribution < 1.29 is 19.5 Å². The molecule has 0 atom stereocenters. The average molecular weight is 639 g/mol. The molecule has 2 heterocycles. The van der Waals surface area contributed by atoms with E-state index in [1.807, 2.05) is 109 Å². The molecular formula is C45H29N3O. The summed E-state index contributed by atoms with van der Waals surface area (Å²) >= 11 is 0. The van der Waals surface area contributed by atoms with Gasteiger partial charge in [0.25, 0.3) is 0 Å². The zero-order valence-corrected chi connectivity index (χ0v) is 25.6. The van der Waals surface area contributed by atoms with Gasteiger partial charge < -0.3 is 4.42 Å². The summed E-state index contributed by atoms with van der Waals surface area (Å²) in [6, 6.07) is 28.1. The molecule has 0 radical (unpaired) electrons. The van der Waals surface area contributed by atoms with Crippen molar-refractivity contribution in [3.05, 3.63) is 176 Å². The van der Waals surface area contributed by atoms with E-state index < -0.39 is 77.6 Å². The molecule has 0 unspecified atom stereocenters. The molecule has 49 heavy (non-hydrogen) atoms. The Balaban J connectivity index is 1.33. The molecule has 0 saturated carbocycles. The van der Waals surface area contributed by atoms with Crippen LogP contribution in [0.1, 0.15) is 15.1 Å². The van der Waals surface area contributed by atoms with Gasteiger partial charge in [0, 0.05) is 27.5 Å². The Kier molecular flexibility index (Phi) is 4.78. The maximum absolute atomic E-state index is 9.26. The van der Waals surface area contributed by atoms with Crippen molar-refractivity contribution in [2.45, 2.75) is 0 Å². The molecule has 0 amide bonds. The first-order valence-electron chi connectivity index (χ1n) is 21.0. The minimum atomic E-state index is -0.681. The fraction of sp³-hybridized carbons (Fsp3) is 0. The minimum absolute atomic E-state index is 0.0591. The van der Waals surface area contributed by atoms with Gasteiger partial charge in [0.15, 0.2) is 17.5 Å². The molecular weight excluding hydrogens is 599 g/mol. The van der Waals surface area contributed by atoms with Gasteiger partial charge in [0.2, 0.25) is 0 Å².